The van der Waals surface area contributed by atoms with Crippen molar-refractivity contribution >= 4 is 15.9 Å². The topological polar surface area (TPSA) is 39.1 Å². The summed E-state index contributed by atoms with van der Waals surface area (Å²) >= 11 is 3.59. The molecule has 1 aromatic rings. The third-order valence-electron chi connectivity index (χ3n) is 3.07. The van der Waals surface area contributed by atoms with Gasteiger partial charge in [-0.15, -0.1) is 0 Å². The monoisotopic (exact) mass is 317 g/mol. The van der Waals surface area contributed by atoms with Gasteiger partial charge in [-0.2, -0.15) is 5.10 Å². The Labute approximate surface area is 118 Å². The van der Waals surface area contributed by atoms with Crippen molar-refractivity contribution in [3.8, 4) is 0 Å². The van der Waals surface area contributed by atoms with E-state index in [0.29, 0.717) is 18.6 Å². The summed E-state index contributed by atoms with van der Waals surface area (Å²) in [7, 11) is 1.72. The third-order valence-corrected chi connectivity index (χ3v) is 3.68. The van der Waals surface area contributed by atoms with E-state index in [1.54, 1.807) is 7.11 Å². The first kappa shape index (κ1) is 15.7. The molecule has 0 saturated carbocycles. The Hall–Kier alpha value is -0.390. The molecule has 2 unspecified atom stereocenters. The molecule has 0 radical (unpaired) electrons. The first-order chi connectivity index (χ1) is 8.60. The molecule has 0 aliphatic carbocycles. The Kier molecular flexibility index (Phi) is 6.89. The Morgan fingerprint density at radius 3 is 2.83 bits per heavy atom. The standard InChI is InChI=1S/C13H24BrN3O/c1-5-15-11(3)8-10(2)13-12(14)9-16-17(13)6-7-18-4/h9-11,15H,5-8H2,1-4H3. The molecule has 0 spiro atoms. The van der Waals surface area contributed by atoms with Crippen LogP contribution in [0.25, 0.3) is 0 Å². The Balaban J connectivity index is 2.70. The molecule has 1 aromatic heterocycles. The molecule has 0 bridgehead atoms. The van der Waals surface area contributed by atoms with E-state index in [9.17, 15) is 0 Å². The summed E-state index contributed by atoms with van der Waals surface area (Å²) in [5.74, 6) is 0.466. The summed E-state index contributed by atoms with van der Waals surface area (Å²) in [6.45, 7) is 9.12. The van der Waals surface area contributed by atoms with Crippen molar-refractivity contribution in [3.05, 3.63) is 16.4 Å². The van der Waals surface area contributed by atoms with Gasteiger partial charge >= 0.3 is 0 Å². The molecule has 18 heavy (non-hydrogen) atoms. The number of aromatic nitrogens is 2. The molecule has 0 aliphatic heterocycles. The van der Waals surface area contributed by atoms with Gasteiger partial charge in [0.2, 0.25) is 0 Å². The lowest BCUT2D eigenvalue weighted by molar-refractivity contribution is 0.182. The van der Waals surface area contributed by atoms with Gasteiger partial charge in [0.05, 0.1) is 29.5 Å². The van der Waals surface area contributed by atoms with Crippen molar-refractivity contribution in [2.45, 2.75) is 45.7 Å². The highest BCUT2D eigenvalue weighted by Gasteiger charge is 2.18. The summed E-state index contributed by atoms with van der Waals surface area (Å²) in [6, 6.07) is 0.516. The zero-order valence-corrected chi connectivity index (χ0v) is 13.3. The first-order valence-corrected chi connectivity index (χ1v) is 7.32. The van der Waals surface area contributed by atoms with Crippen LogP contribution in [0.1, 0.15) is 38.8 Å². The molecule has 1 N–H and O–H groups in total. The molecular weight excluding hydrogens is 294 g/mol. The Morgan fingerprint density at radius 2 is 2.22 bits per heavy atom. The van der Waals surface area contributed by atoms with Crippen LogP contribution in [0.2, 0.25) is 0 Å². The number of hydrogen-bond donors (Lipinski definition) is 1. The molecule has 0 saturated heterocycles. The van der Waals surface area contributed by atoms with Crippen molar-refractivity contribution in [3.63, 3.8) is 0 Å². The second-order valence-corrected chi connectivity index (χ2v) is 5.54. The van der Waals surface area contributed by atoms with Gasteiger partial charge in [-0.05, 0) is 35.8 Å². The third kappa shape index (κ3) is 4.37. The van der Waals surface area contributed by atoms with Crippen molar-refractivity contribution < 1.29 is 4.74 Å². The van der Waals surface area contributed by atoms with Crippen LogP contribution in [-0.4, -0.2) is 36.1 Å². The number of ether oxygens (including phenoxy) is 1. The summed E-state index contributed by atoms with van der Waals surface area (Å²) in [5.41, 5.74) is 1.26. The number of nitrogens with zero attached hydrogens (tertiary/aromatic N) is 2. The van der Waals surface area contributed by atoms with Gasteiger partial charge in [-0.1, -0.05) is 13.8 Å². The summed E-state index contributed by atoms with van der Waals surface area (Å²) in [6.07, 6.45) is 2.98. The molecule has 2 atom stereocenters. The van der Waals surface area contributed by atoms with Crippen LogP contribution in [-0.2, 0) is 11.3 Å². The maximum Gasteiger partial charge on any atom is 0.0658 e. The van der Waals surface area contributed by atoms with E-state index in [1.165, 1.54) is 5.69 Å². The SMILES string of the molecule is CCNC(C)CC(C)c1c(Br)cnn1CCOC. The molecule has 0 amide bonds. The average Bonchev–Trinajstić information content (AvgIpc) is 2.68. The predicted octanol–water partition coefficient (Wildman–Crippen LogP) is 2.78. The van der Waals surface area contributed by atoms with Crippen LogP contribution in [0.5, 0.6) is 0 Å². The molecule has 1 rings (SSSR count). The normalized spacial score (nSPS) is 14.7. The minimum atomic E-state index is 0.466. The summed E-state index contributed by atoms with van der Waals surface area (Å²) in [4.78, 5) is 0. The first-order valence-electron chi connectivity index (χ1n) is 6.53. The van der Waals surface area contributed by atoms with E-state index in [-0.39, 0.29) is 0 Å². The lowest BCUT2D eigenvalue weighted by Crippen LogP contribution is -2.27. The molecule has 1 heterocycles. The maximum absolute atomic E-state index is 5.12. The predicted molar refractivity (Wildman–Crippen MR) is 78.0 cm³/mol. The minimum Gasteiger partial charge on any atom is -0.383 e. The quantitative estimate of drug-likeness (QED) is 0.801. The molecule has 104 valence electrons. The smallest absolute Gasteiger partial charge is 0.0658 e. The van der Waals surface area contributed by atoms with E-state index in [2.05, 4.69) is 47.1 Å². The van der Waals surface area contributed by atoms with Crippen LogP contribution in [0, 0.1) is 0 Å². The molecule has 0 aliphatic rings. The van der Waals surface area contributed by atoms with Gasteiger partial charge in [-0.3, -0.25) is 4.68 Å². The second kappa shape index (κ2) is 7.92. The Morgan fingerprint density at radius 1 is 1.50 bits per heavy atom. The highest BCUT2D eigenvalue weighted by Crippen LogP contribution is 2.28. The molecule has 0 aromatic carbocycles. The fourth-order valence-electron chi connectivity index (χ4n) is 2.29. The number of halogens is 1. The van der Waals surface area contributed by atoms with Gasteiger partial charge < -0.3 is 10.1 Å². The zero-order valence-electron chi connectivity index (χ0n) is 11.7. The van der Waals surface area contributed by atoms with Crippen LogP contribution >= 0.6 is 15.9 Å². The van der Waals surface area contributed by atoms with E-state index in [0.717, 1.165) is 24.0 Å². The van der Waals surface area contributed by atoms with Gasteiger partial charge in [-0.25, -0.2) is 0 Å². The summed E-state index contributed by atoms with van der Waals surface area (Å²) < 4.78 is 8.25. The zero-order chi connectivity index (χ0) is 13.5. The van der Waals surface area contributed by atoms with Gasteiger partial charge in [0, 0.05) is 19.1 Å². The lowest BCUT2D eigenvalue weighted by atomic mass is 9.99. The van der Waals surface area contributed by atoms with Gasteiger partial charge in [0.15, 0.2) is 0 Å². The highest BCUT2D eigenvalue weighted by atomic mass is 79.9. The van der Waals surface area contributed by atoms with Gasteiger partial charge in [0.25, 0.3) is 0 Å². The molecular formula is C13H24BrN3O. The fraction of sp³-hybridized carbons (Fsp3) is 0.769. The largest absolute Gasteiger partial charge is 0.383 e. The van der Waals surface area contributed by atoms with Crippen LogP contribution in [0.15, 0.2) is 10.7 Å². The van der Waals surface area contributed by atoms with Crippen molar-refractivity contribution in [2.75, 3.05) is 20.3 Å². The highest BCUT2D eigenvalue weighted by molar-refractivity contribution is 9.10. The van der Waals surface area contributed by atoms with E-state index >= 15 is 0 Å². The number of rotatable bonds is 8. The van der Waals surface area contributed by atoms with Crippen molar-refractivity contribution in [2.24, 2.45) is 0 Å². The number of hydrogen-bond acceptors (Lipinski definition) is 3. The van der Waals surface area contributed by atoms with Crippen molar-refractivity contribution in [1.82, 2.24) is 15.1 Å². The molecule has 0 fully saturated rings. The number of nitrogens with one attached hydrogen (secondary N) is 1. The number of methoxy groups -OCH3 is 1. The lowest BCUT2D eigenvalue weighted by Gasteiger charge is -2.19. The molecule has 4 nitrogen and oxygen atoms in total. The Bertz CT molecular complexity index is 354. The minimum absolute atomic E-state index is 0.466. The van der Waals surface area contributed by atoms with Crippen LogP contribution < -0.4 is 5.32 Å². The van der Waals surface area contributed by atoms with E-state index in [1.807, 2.05) is 10.9 Å². The van der Waals surface area contributed by atoms with E-state index < -0.39 is 0 Å². The fourth-order valence-corrected chi connectivity index (χ4v) is 2.98. The van der Waals surface area contributed by atoms with Gasteiger partial charge in [0.1, 0.15) is 0 Å². The van der Waals surface area contributed by atoms with Crippen LogP contribution in [0.3, 0.4) is 0 Å². The van der Waals surface area contributed by atoms with Crippen LogP contribution in [0.4, 0.5) is 0 Å². The summed E-state index contributed by atoms with van der Waals surface area (Å²) in [5, 5.41) is 7.85. The molecule has 5 heteroatoms. The second-order valence-electron chi connectivity index (χ2n) is 4.69. The maximum atomic E-state index is 5.12. The van der Waals surface area contributed by atoms with E-state index in [4.69, 9.17) is 4.74 Å². The van der Waals surface area contributed by atoms with Crippen molar-refractivity contribution in [1.29, 1.82) is 0 Å². The average molecular weight is 318 g/mol.